The van der Waals surface area contributed by atoms with Crippen molar-refractivity contribution in [2.45, 2.75) is 78.6 Å². The zero-order valence-corrected chi connectivity index (χ0v) is 30.7. The van der Waals surface area contributed by atoms with Gasteiger partial charge in [-0.25, -0.2) is 22.5 Å². The van der Waals surface area contributed by atoms with Gasteiger partial charge in [0.1, 0.15) is 0 Å². The van der Waals surface area contributed by atoms with E-state index in [4.69, 9.17) is 0 Å². The van der Waals surface area contributed by atoms with Crippen LogP contribution in [-0.4, -0.2) is 32.3 Å². The van der Waals surface area contributed by atoms with Gasteiger partial charge < -0.3 is 39.7 Å². The minimum atomic E-state index is -1.07. The second kappa shape index (κ2) is 15.1. The van der Waals surface area contributed by atoms with Crippen LogP contribution in [0.2, 0.25) is 78.6 Å². The van der Waals surface area contributed by atoms with Crippen molar-refractivity contribution in [2.24, 2.45) is 0 Å². The van der Waals surface area contributed by atoms with Crippen LogP contribution in [0.5, 0.6) is 0 Å². The normalized spacial score (nSPS) is 11.2. The molecule has 7 heteroatoms. The molecule has 0 N–H and O–H groups in total. The SMILES string of the molecule is C[Si](C)(C)c1cc[c-]([Si](C)(C)C)c1.C[Si](C)(C)c1cc[c-]([Si](C)(C)C)c1.[CH3-].[CH3-].[Cl-].[Cl-].[Zr+2]. The first kappa shape index (κ1) is 42.2. The van der Waals surface area contributed by atoms with Crippen LogP contribution in [-0.2, 0) is 26.2 Å². The van der Waals surface area contributed by atoms with E-state index in [9.17, 15) is 0 Å². The predicted molar refractivity (Wildman–Crippen MR) is 149 cm³/mol. The summed E-state index contributed by atoms with van der Waals surface area (Å²) in [6.07, 6.45) is 0. The topological polar surface area (TPSA) is 0 Å². The van der Waals surface area contributed by atoms with Gasteiger partial charge in [0.2, 0.25) is 0 Å². The van der Waals surface area contributed by atoms with E-state index in [-0.39, 0.29) is 65.9 Å². The Hall–Kier alpha value is 1.03. The summed E-state index contributed by atoms with van der Waals surface area (Å²) >= 11 is 0. The minimum Gasteiger partial charge on any atom is -1.00 e. The molecule has 0 atom stereocenters. The second-order valence-corrected chi connectivity index (χ2v) is 32.1. The first-order valence-corrected chi connectivity index (χ1v) is 24.0. The average Bonchev–Trinajstić information content (AvgIpc) is 3.06. The summed E-state index contributed by atoms with van der Waals surface area (Å²) in [5.74, 6) is 0. The zero-order chi connectivity index (χ0) is 20.6. The van der Waals surface area contributed by atoms with Crippen molar-refractivity contribution < 1.29 is 51.0 Å². The first-order valence-electron chi connectivity index (χ1n) is 9.98. The maximum absolute atomic E-state index is 2.46. The Bertz CT molecular complexity index is 590. The van der Waals surface area contributed by atoms with E-state index < -0.39 is 32.3 Å². The Labute approximate surface area is 232 Å². The predicted octanol–water partition coefficient (Wildman–Crippen LogP) is -0.102. The van der Waals surface area contributed by atoms with Crippen LogP contribution in [0.4, 0.5) is 0 Å². The molecule has 2 aromatic rings. The fourth-order valence-corrected chi connectivity index (χ4v) is 7.73. The Morgan fingerprint density at radius 2 is 0.742 bits per heavy atom. The maximum atomic E-state index is 2.46. The van der Waals surface area contributed by atoms with Gasteiger partial charge in [-0.3, -0.25) is 0 Å². The number of hydrogen-bond donors (Lipinski definition) is 0. The third kappa shape index (κ3) is 14.1. The van der Waals surface area contributed by atoms with E-state index in [0.29, 0.717) is 0 Å². The van der Waals surface area contributed by atoms with Crippen LogP contribution in [0.1, 0.15) is 0 Å². The number of rotatable bonds is 4. The molecule has 0 radical (unpaired) electrons. The van der Waals surface area contributed by atoms with Crippen molar-refractivity contribution >= 4 is 53.0 Å². The van der Waals surface area contributed by atoms with Gasteiger partial charge in [0.25, 0.3) is 0 Å². The molecule has 0 saturated carbocycles. The van der Waals surface area contributed by atoms with Gasteiger partial charge in [0, 0.05) is 32.3 Å². The Morgan fingerprint density at radius 3 is 0.839 bits per heavy atom. The fraction of sp³-hybridized carbons (Fsp3) is 0.500. The van der Waals surface area contributed by atoms with E-state index >= 15 is 0 Å². The first-order chi connectivity index (χ1) is 11.4. The van der Waals surface area contributed by atoms with Crippen LogP contribution in [0, 0.1) is 14.9 Å². The largest absolute Gasteiger partial charge is 2.00 e. The van der Waals surface area contributed by atoms with Crippen molar-refractivity contribution in [3.63, 3.8) is 0 Å². The van der Waals surface area contributed by atoms with Crippen LogP contribution in [0.3, 0.4) is 0 Å². The molecule has 182 valence electrons. The van der Waals surface area contributed by atoms with Gasteiger partial charge in [-0.1, -0.05) is 78.6 Å². The molecule has 0 spiro atoms. The molecular weight excluding hydrogens is 563 g/mol. The summed E-state index contributed by atoms with van der Waals surface area (Å²) in [6.45, 7) is 29.0. The van der Waals surface area contributed by atoms with Crippen LogP contribution in [0.25, 0.3) is 0 Å². The quantitative estimate of drug-likeness (QED) is 0.335. The molecule has 0 fully saturated rings. The molecule has 0 aliphatic heterocycles. The van der Waals surface area contributed by atoms with Crippen LogP contribution < -0.4 is 45.6 Å². The van der Waals surface area contributed by atoms with Crippen molar-refractivity contribution in [1.29, 1.82) is 0 Å². The van der Waals surface area contributed by atoms with Gasteiger partial charge >= 0.3 is 26.2 Å². The summed E-state index contributed by atoms with van der Waals surface area (Å²) < 4.78 is 0. The molecule has 31 heavy (non-hydrogen) atoms. The summed E-state index contributed by atoms with van der Waals surface area (Å²) in [5, 5.41) is 6.46. The molecule has 0 saturated heterocycles. The monoisotopic (exact) mass is 608 g/mol. The third-order valence-corrected chi connectivity index (χ3v) is 13.1. The van der Waals surface area contributed by atoms with Crippen molar-refractivity contribution in [3.05, 3.63) is 51.3 Å². The molecule has 0 amide bonds. The van der Waals surface area contributed by atoms with Crippen molar-refractivity contribution in [2.75, 3.05) is 0 Å². The van der Waals surface area contributed by atoms with E-state index in [2.05, 4.69) is 115 Å². The van der Waals surface area contributed by atoms with Gasteiger partial charge in [0.05, 0.1) is 0 Å². The standard InChI is InChI=1S/2C11H21Si2.2CH3.2ClH.Zr/c2*1-12(2,3)10-7-8-11(9-10)13(4,5)6;;;;;/h2*7-9H,1-6H3;2*1H3;2*1H;/q4*-1;;;+2/p-2. The Morgan fingerprint density at radius 1 is 0.516 bits per heavy atom. The summed E-state index contributed by atoms with van der Waals surface area (Å²) in [7, 11) is -4.28. The molecule has 2 aromatic carbocycles. The molecular formula is C24H48Cl2Si4Zr-4. The maximum Gasteiger partial charge on any atom is 2.00 e. The third-order valence-electron chi connectivity index (χ3n) is 4.97. The fourth-order valence-electron chi connectivity index (χ4n) is 2.75. The minimum absolute atomic E-state index is 0. The van der Waals surface area contributed by atoms with Crippen molar-refractivity contribution in [1.82, 2.24) is 0 Å². The molecule has 0 aliphatic rings. The van der Waals surface area contributed by atoms with Crippen LogP contribution >= 0.6 is 0 Å². The second-order valence-electron chi connectivity index (χ2n) is 11.8. The molecule has 0 unspecified atom stereocenters. The molecule has 0 nitrogen and oxygen atoms in total. The molecule has 0 bridgehead atoms. The Balaban J connectivity index is -0.000000125. The van der Waals surface area contributed by atoms with E-state index in [0.717, 1.165) is 0 Å². The summed E-state index contributed by atoms with van der Waals surface area (Å²) in [5.41, 5.74) is 0. The molecule has 0 aromatic heterocycles. The molecule has 0 heterocycles. The van der Waals surface area contributed by atoms with Crippen LogP contribution in [0.15, 0.2) is 36.4 Å². The van der Waals surface area contributed by atoms with E-state index in [1.165, 1.54) is 0 Å². The van der Waals surface area contributed by atoms with E-state index in [1.807, 2.05) is 0 Å². The smallest absolute Gasteiger partial charge is 1.00 e. The zero-order valence-electron chi connectivity index (χ0n) is 22.7. The average molecular weight is 611 g/mol. The van der Waals surface area contributed by atoms with Crippen molar-refractivity contribution in [3.8, 4) is 0 Å². The van der Waals surface area contributed by atoms with Gasteiger partial charge in [-0.15, -0.1) is 0 Å². The Kier molecular flexibility index (Phi) is 20.6. The summed E-state index contributed by atoms with van der Waals surface area (Å²) in [6, 6.07) is 14.3. The number of halogens is 2. The number of hydrogen-bond acceptors (Lipinski definition) is 0. The molecule has 0 aliphatic carbocycles. The van der Waals surface area contributed by atoms with E-state index in [1.54, 1.807) is 20.7 Å². The van der Waals surface area contributed by atoms with Gasteiger partial charge in [-0.2, -0.15) is 34.6 Å². The van der Waals surface area contributed by atoms with Gasteiger partial charge in [0.15, 0.2) is 0 Å². The van der Waals surface area contributed by atoms with Gasteiger partial charge in [-0.05, 0) is 0 Å². The summed E-state index contributed by atoms with van der Waals surface area (Å²) in [4.78, 5) is 0. The molecule has 2 rings (SSSR count).